The number of piperazine rings is 1. The van der Waals surface area contributed by atoms with Crippen molar-refractivity contribution >= 4 is 23.3 Å². The fourth-order valence-corrected chi connectivity index (χ4v) is 5.47. The molecule has 224 valence electrons. The van der Waals surface area contributed by atoms with Crippen LogP contribution in [-0.2, 0) is 14.3 Å². The number of aliphatic hydroxyl groups excluding tert-OH is 1. The molecular formula is C27H31F5N4O5. The summed E-state index contributed by atoms with van der Waals surface area (Å²) in [6.45, 7) is 3.51. The molecule has 2 N–H and O–H groups in total. The summed E-state index contributed by atoms with van der Waals surface area (Å²) in [6, 6.07) is 4.35. The molecule has 2 saturated heterocycles. The lowest BCUT2D eigenvalue weighted by atomic mass is 9.77. The molecule has 0 unspecified atom stereocenters. The predicted molar refractivity (Wildman–Crippen MR) is 137 cm³/mol. The third-order valence-corrected chi connectivity index (χ3v) is 7.65. The molecule has 0 spiro atoms. The van der Waals surface area contributed by atoms with E-state index in [-0.39, 0.29) is 35.6 Å². The zero-order valence-corrected chi connectivity index (χ0v) is 22.8. The number of halogens is 5. The molecule has 0 aliphatic carbocycles. The number of nitrogens with one attached hydrogen (secondary N) is 1. The molecule has 9 nitrogen and oxygen atoms in total. The number of carbonyl (C=O) groups excluding carboxylic acids is 2. The molecule has 41 heavy (non-hydrogen) atoms. The Hall–Kier alpha value is -3.36. The largest absolute Gasteiger partial charge is 0.488 e. The Morgan fingerprint density at radius 3 is 2.61 bits per heavy atom. The van der Waals surface area contributed by atoms with Gasteiger partial charge in [0.15, 0.2) is 17.2 Å². The van der Waals surface area contributed by atoms with E-state index >= 15 is 0 Å². The van der Waals surface area contributed by atoms with Crippen LogP contribution < -0.4 is 15.0 Å². The molecule has 5 atom stereocenters. The number of aliphatic hydroxyl groups is 1. The van der Waals surface area contributed by atoms with E-state index < -0.39 is 66.2 Å². The van der Waals surface area contributed by atoms with Gasteiger partial charge in [0.25, 0.3) is 5.91 Å². The molecule has 3 heterocycles. The number of pyridine rings is 1. The number of anilines is 2. The third-order valence-electron chi connectivity index (χ3n) is 7.65. The Labute approximate surface area is 233 Å². The molecule has 1 aromatic carbocycles. The van der Waals surface area contributed by atoms with Gasteiger partial charge in [0.05, 0.1) is 13.2 Å². The van der Waals surface area contributed by atoms with Crippen LogP contribution >= 0.6 is 0 Å². The van der Waals surface area contributed by atoms with Gasteiger partial charge in [-0.1, -0.05) is 13.0 Å². The van der Waals surface area contributed by atoms with E-state index in [9.17, 15) is 31.5 Å². The average Bonchev–Trinajstić information content (AvgIpc) is 3.16. The van der Waals surface area contributed by atoms with E-state index in [2.05, 4.69) is 10.3 Å². The number of nitrogens with zero attached hydrogens (tertiary/aromatic N) is 3. The topological polar surface area (TPSA) is 104 Å². The Balaban J connectivity index is 1.70. The lowest BCUT2D eigenvalue weighted by molar-refractivity contribution is -0.272. The molecule has 0 saturated carbocycles. The van der Waals surface area contributed by atoms with Crippen molar-refractivity contribution in [3.8, 4) is 5.75 Å². The number of hydrogen-bond acceptors (Lipinski definition) is 7. The minimum absolute atomic E-state index is 0.136. The Morgan fingerprint density at radius 2 is 1.98 bits per heavy atom. The van der Waals surface area contributed by atoms with Gasteiger partial charge in [-0.05, 0) is 33.0 Å². The molecule has 2 aliphatic rings. The Bertz CT molecular complexity index is 1310. The second-order valence-electron chi connectivity index (χ2n) is 10.5. The molecule has 2 fully saturated rings. The SMILES string of the molecule is C[C@@H]1CN(C)CC(=O)N1c1cc(NC(=O)[C@@H]2O[C@@](C)(C(F)(F)F)[C@@H](C)[C@H]2c2ccc(F)c(F)c2OCCO)ccn1. The summed E-state index contributed by atoms with van der Waals surface area (Å²) in [5.74, 6) is -7.32. The van der Waals surface area contributed by atoms with Gasteiger partial charge >= 0.3 is 6.18 Å². The van der Waals surface area contributed by atoms with Gasteiger partial charge in [0.2, 0.25) is 11.7 Å². The summed E-state index contributed by atoms with van der Waals surface area (Å²) >= 11 is 0. The van der Waals surface area contributed by atoms with Crippen LogP contribution in [0.2, 0.25) is 0 Å². The summed E-state index contributed by atoms with van der Waals surface area (Å²) in [5, 5.41) is 11.7. The van der Waals surface area contributed by atoms with Crippen molar-refractivity contribution in [2.45, 2.75) is 50.6 Å². The monoisotopic (exact) mass is 586 g/mol. The van der Waals surface area contributed by atoms with Crippen LogP contribution in [0.25, 0.3) is 0 Å². The normalized spacial score (nSPS) is 27.3. The van der Waals surface area contributed by atoms with Gasteiger partial charge in [-0.15, -0.1) is 0 Å². The molecule has 0 radical (unpaired) electrons. The van der Waals surface area contributed by atoms with Gasteiger partial charge in [-0.2, -0.15) is 17.6 Å². The van der Waals surface area contributed by atoms with Crippen LogP contribution in [0, 0.1) is 17.6 Å². The van der Waals surface area contributed by atoms with E-state index in [4.69, 9.17) is 14.6 Å². The number of rotatable bonds is 7. The first-order chi connectivity index (χ1) is 19.2. The maximum atomic E-state index is 14.8. The van der Waals surface area contributed by atoms with Crippen LogP contribution in [-0.4, -0.2) is 84.1 Å². The lowest BCUT2D eigenvalue weighted by Gasteiger charge is -2.37. The molecule has 2 aliphatic heterocycles. The van der Waals surface area contributed by atoms with Crippen molar-refractivity contribution in [1.29, 1.82) is 0 Å². The Morgan fingerprint density at radius 1 is 1.27 bits per heavy atom. The molecule has 2 amide bonds. The first-order valence-electron chi connectivity index (χ1n) is 12.9. The van der Waals surface area contributed by atoms with Gasteiger partial charge in [0.1, 0.15) is 18.5 Å². The summed E-state index contributed by atoms with van der Waals surface area (Å²) in [7, 11) is 1.80. The summed E-state index contributed by atoms with van der Waals surface area (Å²) in [4.78, 5) is 33.7. The van der Waals surface area contributed by atoms with Crippen molar-refractivity contribution in [3.05, 3.63) is 47.7 Å². The minimum Gasteiger partial charge on any atom is -0.488 e. The zero-order chi connectivity index (χ0) is 30.3. The summed E-state index contributed by atoms with van der Waals surface area (Å²) in [5.41, 5.74) is -2.91. The molecule has 4 rings (SSSR count). The highest BCUT2D eigenvalue weighted by Crippen LogP contribution is 2.55. The molecule has 0 bridgehead atoms. The number of amides is 2. The molecule has 14 heteroatoms. The molecular weight excluding hydrogens is 555 g/mol. The number of alkyl halides is 3. The zero-order valence-electron chi connectivity index (χ0n) is 22.8. The molecule has 2 aromatic rings. The van der Waals surface area contributed by atoms with Crippen molar-refractivity contribution in [2.24, 2.45) is 5.92 Å². The standard InChI is InChI=1S/C27H31F5N4O5/c1-14-12-35(4)13-20(38)36(14)19-11-16(7-8-33-19)34-25(39)24-21(15(2)26(3,41-24)27(30,31)32)17-5-6-18(28)22(29)23(17)40-10-9-37/h5-8,11,14-15,21,24,37H,9-10,12-13H2,1-4H3,(H,33,34,39)/t14-,15+,21+,24-,26-/m1/s1. The maximum absolute atomic E-state index is 14.8. The quantitative estimate of drug-likeness (QED) is 0.479. The summed E-state index contributed by atoms with van der Waals surface area (Å²) in [6.07, 6.45) is -5.39. The number of hydrogen-bond donors (Lipinski definition) is 2. The van der Waals surface area contributed by atoms with Gasteiger partial charge < -0.3 is 19.9 Å². The van der Waals surface area contributed by atoms with Crippen LogP contribution in [0.15, 0.2) is 30.5 Å². The van der Waals surface area contributed by atoms with E-state index in [1.54, 1.807) is 7.05 Å². The van der Waals surface area contributed by atoms with E-state index in [0.29, 0.717) is 6.54 Å². The van der Waals surface area contributed by atoms with Gasteiger partial charge in [0, 0.05) is 47.9 Å². The third kappa shape index (κ3) is 5.72. The first-order valence-corrected chi connectivity index (χ1v) is 12.9. The predicted octanol–water partition coefficient (Wildman–Crippen LogP) is 3.48. The first kappa shape index (κ1) is 30.6. The highest BCUT2D eigenvalue weighted by molar-refractivity contribution is 5.98. The van der Waals surface area contributed by atoms with E-state index in [1.807, 2.05) is 11.8 Å². The number of carbonyl (C=O) groups is 2. The minimum atomic E-state index is -4.92. The second kappa shape index (κ2) is 11.5. The van der Waals surface area contributed by atoms with Crippen molar-refractivity contribution < 1.29 is 46.1 Å². The fraction of sp³-hybridized carbons (Fsp3) is 0.519. The number of aromatic nitrogens is 1. The second-order valence-corrected chi connectivity index (χ2v) is 10.5. The number of benzene rings is 1. The highest BCUT2D eigenvalue weighted by atomic mass is 19.4. The van der Waals surface area contributed by atoms with Gasteiger partial charge in [-0.25, -0.2) is 9.37 Å². The highest BCUT2D eigenvalue weighted by Gasteiger charge is 2.66. The van der Waals surface area contributed by atoms with E-state index in [0.717, 1.165) is 19.1 Å². The average molecular weight is 587 g/mol. The number of likely N-dealkylation sites (N-methyl/N-ethyl adjacent to an activating group) is 1. The maximum Gasteiger partial charge on any atom is 0.417 e. The lowest BCUT2D eigenvalue weighted by Crippen LogP contribution is -2.54. The van der Waals surface area contributed by atoms with Crippen molar-refractivity contribution in [1.82, 2.24) is 9.88 Å². The van der Waals surface area contributed by atoms with Crippen LogP contribution in [0.1, 0.15) is 32.3 Å². The van der Waals surface area contributed by atoms with Crippen LogP contribution in [0.4, 0.5) is 33.5 Å². The summed E-state index contributed by atoms with van der Waals surface area (Å²) < 4.78 is 82.2. The van der Waals surface area contributed by atoms with Crippen molar-refractivity contribution in [2.75, 3.05) is 43.6 Å². The van der Waals surface area contributed by atoms with Crippen LogP contribution in [0.5, 0.6) is 5.75 Å². The Kier molecular flexibility index (Phi) is 8.58. The van der Waals surface area contributed by atoms with Crippen molar-refractivity contribution in [3.63, 3.8) is 0 Å². The molecule has 1 aromatic heterocycles. The van der Waals surface area contributed by atoms with E-state index in [1.165, 1.54) is 30.2 Å². The smallest absolute Gasteiger partial charge is 0.417 e. The van der Waals surface area contributed by atoms with Crippen LogP contribution in [0.3, 0.4) is 0 Å². The van der Waals surface area contributed by atoms with Gasteiger partial charge in [-0.3, -0.25) is 19.4 Å². The fourth-order valence-electron chi connectivity index (χ4n) is 5.47. The number of ether oxygens (including phenoxy) is 2.